The highest BCUT2D eigenvalue weighted by Gasteiger charge is 2.18. The lowest BCUT2D eigenvalue weighted by Crippen LogP contribution is -2.30. The fraction of sp³-hybridized carbons (Fsp3) is 0.0857. The van der Waals surface area contributed by atoms with Crippen molar-refractivity contribution in [3.05, 3.63) is 129 Å². The van der Waals surface area contributed by atoms with E-state index in [4.69, 9.17) is 9.47 Å². The van der Waals surface area contributed by atoms with Crippen molar-refractivity contribution in [1.29, 1.82) is 0 Å². The molecular weight excluding hydrogens is 667 g/mol. The minimum Gasteiger partial charge on any atom is -0.493 e. The van der Waals surface area contributed by atoms with Crippen LogP contribution in [0.5, 0.6) is 11.5 Å². The van der Waals surface area contributed by atoms with E-state index in [-0.39, 0.29) is 23.0 Å². The van der Waals surface area contributed by atoms with Crippen LogP contribution >= 0.6 is 23.1 Å². The van der Waals surface area contributed by atoms with Crippen molar-refractivity contribution >= 4 is 63.4 Å². The second-order valence-corrected chi connectivity index (χ2v) is 12.0. The molecule has 4 aromatic carbocycles. The van der Waals surface area contributed by atoms with Gasteiger partial charge in [0.2, 0.25) is 5.91 Å². The van der Waals surface area contributed by atoms with Gasteiger partial charge in [0.1, 0.15) is 5.70 Å². The molecule has 0 aliphatic rings. The summed E-state index contributed by atoms with van der Waals surface area (Å²) < 4.78 is 10.9. The summed E-state index contributed by atoms with van der Waals surface area (Å²) in [5.74, 6) is -0.470. The van der Waals surface area contributed by atoms with Gasteiger partial charge in [0.15, 0.2) is 16.6 Å². The Bertz CT molecular complexity index is 2030. The highest BCUT2D eigenvalue weighted by atomic mass is 32.2. The Labute approximate surface area is 289 Å². The zero-order valence-corrected chi connectivity index (χ0v) is 27.8. The number of carbonyl (C=O) groups is 3. The van der Waals surface area contributed by atoms with Gasteiger partial charge in [-0.15, -0.1) is 23.1 Å². The summed E-state index contributed by atoms with van der Waals surface area (Å²) >= 11 is 2.46. The molecule has 0 radical (unpaired) electrons. The van der Waals surface area contributed by atoms with Gasteiger partial charge in [0, 0.05) is 44.8 Å². The molecule has 0 fully saturated rings. The van der Waals surface area contributed by atoms with Gasteiger partial charge in [-0.25, -0.2) is 4.98 Å². The van der Waals surface area contributed by atoms with Crippen LogP contribution in [0.4, 0.5) is 16.5 Å². The third-order valence-electron chi connectivity index (χ3n) is 6.83. The number of non-ortho nitro benzene ring substituents is 1. The predicted molar refractivity (Wildman–Crippen MR) is 190 cm³/mol. The number of hydrogen-bond donors (Lipinski definition) is 3. The minimum absolute atomic E-state index is 0.0363. The molecule has 0 spiro atoms. The number of methoxy groups -OCH3 is 2. The Morgan fingerprint density at radius 3 is 2.45 bits per heavy atom. The highest BCUT2D eigenvalue weighted by molar-refractivity contribution is 8.00. The smallest absolute Gasteiger partial charge is 0.272 e. The van der Waals surface area contributed by atoms with Gasteiger partial charge in [-0.2, -0.15) is 0 Å². The van der Waals surface area contributed by atoms with Crippen LogP contribution in [-0.2, 0) is 9.59 Å². The van der Waals surface area contributed by atoms with E-state index in [2.05, 4.69) is 20.9 Å². The standard InChI is InChI=1S/C35H29N5O7S2/c1-46-30-16-7-12-24(32(30)47-2)18-28(37-33(42)22-9-4-3-5-10-22)34(43)36-25-13-8-15-27(19-25)48-21-31(41)39-35-38-29(20-49-35)23-11-6-14-26(17-23)40(44)45/h3-20H,21H2,1-2H3,(H,36,43)(H,37,42)(H,38,39,41)/b28-18+. The molecule has 49 heavy (non-hydrogen) atoms. The Balaban J connectivity index is 1.26. The van der Waals surface area contributed by atoms with Crippen molar-refractivity contribution in [3.63, 3.8) is 0 Å². The summed E-state index contributed by atoms with van der Waals surface area (Å²) in [5.41, 5.74) is 2.31. The van der Waals surface area contributed by atoms with Crippen molar-refractivity contribution in [2.75, 3.05) is 30.6 Å². The maximum atomic E-state index is 13.6. The summed E-state index contributed by atoms with van der Waals surface area (Å²) in [6.45, 7) is 0. The van der Waals surface area contributed by atoms with Crippen molar-refractivity contribution in [1.82, 2.24) is 10.3 Å². The second kappa shape index (κ2) is 16.2. The number of thiazole rings is 1. The first-order valence-electron chi connectivity index (χ1n) is 14.6. The van der Waals surface area contributed by atoms with E-state index in [1.165, 1.54) is 55.5 Å². The number of rotatable bonds is 13. The van der Waals surface area contributed by atoms with E-state index in [0.29, 0.717) is 49.6 Å². The zero-order chi connectivity index (χ0) is 34.8. The molecule has 0 saturated carbocycles. The highest BCUT2D eigenvalue weighted by Crippen LogP contribution is 2.32. The van der Waals surface area contributed by atoms with Gasteiger partial charge in [-0.3, -0.25) is 24.5 Å². The summed E-state index contributed by atoms with van der Waals surface area (Å²) in [7, 11) is 2.98. The molecule has 0 aliphatic carbocycles. The number of aromatic nitrogens is 1. The monoisotopic (exact) mass is 695 g/mol. The van der Waals surface area contributed by atoms with E-state index in [9.17, 15) is 24.5 Å². The molecule has 0 saturated heterocycles. The Hall–Kier alpha value is -5.99. The lowest BCUT2D eigenvalue weighted by Gasteiger charge is -2.14. The van der Waals surface area contributed by atoms with Crippen LogP contribution in [0.2, 0.25) is 0 Å². The summed E-state index contributed by atoms with van der Waals surface area (Å²) in [6, 6.07) is 26.7. The summed E-state index contributed by atoms with van der Waals surface area (Å²) in [5, 5.41) is 21.5. The maximum Gasteiger partial charge on any atom is 0.272 e. The van der Waals surface area contributed by atoms with Crippen LogP contribution in [0, 0.1) is 10.1 Å². The second-order valence-electron chi connectivity index (χ2n) is 10.1. The van der Waals surface area contributed by atoms with Gasteiger partial charge < -0.3 is 25.4 Å². The Morgan fingerprint density at radius 1 is 0.918 bits per heavy atom. The topological polar surface area (TPSA) is 162 Å². The van der Waals surface area contributed by atoms with Crippen molar-refractivity contribution < 1.29 is 28.8 Å². The maximum absolute atomic E-state index is 13.6. The van der Waals surface area contributed by atoms with Gasteiger partial charge in [0.05, 0.1) is 30.6 Å². The first-order chi connectivity index (χ1) is 23.7. The van der Waals surface area contributed by atoms with E-state index in [1.807, 2.05) is 0 Å². The van der Waals surface area contributed by atoms with Crippen LogP contribution in [-0.4, -0.2) is 47.6 Å². The third-order valence-corrected chi connectivity index (χ3v) is 8.58. The van der Waals surface area contributed by atoms with E-state index in [0.717, 1.165) is 0 Å². The largest absolute Gasteiger partial charge is 0.493 e. The number of anilines is 2. The molecule has 1 aromatic heterocycles. The number of nitrogens with one attached hydrogen (secondary N) is 3. The number of nitro benzene ring substituents is 1. The lowest BCUT2D eigenvalue weighted by atomic mass is 10.1. The molecule has 3 amide bonds. The molecule has 0 bridgehead atoms. The average Bonchev–Trinajstić information content (AvgIpc) is 3.59. The number of carbonyl (C=O) groups excluding carboxylic acids is 3. The quantitative estimate of drug-likeness (QED) is 0.0516. The van der Waals surface area contributed by atoms with E-state index < -0.39 is 16.7 Å². The summed E-state index contributed by atoms with van der Waals surface area (Å²) in [6.07, 6.45) is 1.50. The molecular formula is C35H29N5O7S2. The van der Waals surface area contributed by atoms with Gasteiger partial charge >= 0.3 is 0 Å². The lowest BCUT2D eigenvalue weighted by molar-refractivity contribution is -0.384. The van der Waals surface area contributed by atoms with Crippen LogP contribution in [0.15, 0.2) is 113 Å². The van der Waals surface area contributed by atoms with Crippen molar-refractivity contribution in [2.24, 2.45) is 0 Å². The first-order valence-corrected chi connectivity index (χ1v) is 16.4. The minimum atomic E-state index is -0.586. The predicted octanol–water partition coefficient (Wildman–Crippen LogP) is 6.88. The zero-order valence-electron chi connectivity index (χ0n) is 26.2. The molecule has 248 valence electrons. The number of para-hydroxylation sites is 1. The fourth-order valence-corrected chi connectivity index (χ4v) is 6.02. The molecule has 3 N–H and O–H groups in total. The van der Waals surface area contributed by atoms with Crippen LogP contribution in [0.25, 0.3) is 17.3 Å². The Kier molecular flexibility index (Phi) is 11.4. The normalized spacial score (nSPS) is 10.9. The number of hydrogen-bond acceptors (Lipinski definition) is 10. The summed E-state index contributed by atoms with van der Waals surface area (Å²) in [4.78, 5) is 55.1. The molecule has 1 heterocycles. The molecule has 12 nitrogen and oxygen atoms in total. The molecule has 14 heteroatoms. The molecule has 5 aromatic rings. The molecule has 0 aliphatic heterocycles. The van der Waals surface area contributed by atoms with Gasteiger partial charge in [0.25, 0.3) is 17.5 Å². The fourth-order valence-electron chi connectivity index (χ4n) is 4.53. The number of ether oxygens (including phenoxy) is 2. The van der Waals surface area contributed by atoms with E-state index >= 15 is 0 Å². The van der Waals surface area contributed by atoms with Crippen LogP contribution in [0.3, 0.4) is 0 Å². The third kappa shape index (κ3) is 9.09. The SMILES string of the molecule is COc1cccc(/C=C(/NC(=O)c2ccccc2)C(=O)Nc2cccc(SCC(=O)Nc3nc(-c4cccc([N+](=O)[O-])c4)cs3)c2)c1OC. The van der Waals surface area contributed by atoms with Crippen molar-refractivity contribution in [3.8, 4) is 22.8 Å². The number of amides is 3. The number of nitro groups is 1. The molecule has 0 unspecified atom stereocenters. The van der Waals surface area contributed by atoms with Crippen LogP contribution in [0.1, 0.15) is 15.9 Å². The number of thioether (sulfide) groups is 1. The van der Waals surface area contributed by atoms with Gasteiger partial charge in [-0.05, 0) is 42.5 Å². The number of nitrogens with zero attached hydrogens (tertiary/aromatic N) is 2. The first kappa shape index (κ1) is 34.3. The average molecular weight is 696 g/mol. The van der Waals surface area contributed by atoms with Crippen molar-refractivity contribution in [2.45, 2.75) is 4.90 Å². The Morgan fingerprint density at radius 2 is 1.69 bits per heavy atom. The van der Waals surface area contributed by atoms with Gasteiger partial charge in [-0.1, -0.05) is 48.5 Å². The molecule has 0 atom stereocenters. The van der Waals surface area contributed by atoms with E-state index in [1.54, 1.807) is 90.3 Å². The number of benzene rings is 4. The van der Waals surface area contributed by atoms with Crippen LogP contribution < -0.4 is 25.4 Å². The molecule has 5 rings (SSSR count).